The molecule has 1 amide bonds. The fraction of sp³-hybridized carbons (Fsp3) is 0.909. The monoisotopic (exact) mass is 230 g/mol. The number of ether oxygens (including phenoxy) is 2. The standard InChI is InChI=1S/C11H22N2O3/c1-3-16-9-7-8(12)11(9)13-10(14)5-4-6-15-2/h8-9,11H,3-7,12H2,1-2H3,(H,13,14). The van der Waals surface area contributed by atoms with Crippen LogP contribution in [-0.4, -0.2) is 44.4 Å². The highest BCUT2D eigenvalue weighted by Gasteiger charge is 2.40. The van der Waals surface area contributed by atoms with Gasteiger partial charge in [0.1, 0.15) is 0 Å². The third-order valence-corrected chi connectivity index (χ3v) is 2.83. The zero-order chi connectivity index (χ0) is 12.0. The van der Waals surface area contributed by atoms with Gasteiger partial charge in [0.2, 0.25) is 5.91 Å². The number of hydrogen-bond donors (Lipinski definition) is 2. The quantitative estimate of drug-likeness (QED) is 0.605. The van der Waals surface area contributed by atoms with Gasteiger partial charge in [0.25, 0.3) is 0 Å². The van der Waals surface area contributed by atoms with Gasteiger partial charge in [-0.2, -0.15) is 0 Å². The van der Waals surface area contributed by atoms with Crippen molar-refractivity contribution in [1.82, 2.24) is 5.32 Å². The molecule has 0 radical (unpaired) electrons. The first-order chi connectivity index (χ1) is 7.69. The average molecular weight is 230 g/mol. The molecular weight excluding hydrogens is 208 g/mol. The van der Waals surface area contributed by atoms with Gasteiger partial charge in [-0.05, 0) is 19.8 Å². The molecule has 0 aliphatic heterocycles. The van der Waals surface area contributed by atoms with Crippen LogP contribution in [0.2, 0.25) is 0 Å². The summed E-state index contributed by atoms with van der Waals surface area (Å²) in [5, 5.41) is 2.92. The number of carbonyl (C=O) groups excluding carboxylic acids is 1. The fourth-order valence-electron chi connectivity index (χ4n) is 1.86. The lowest BCUT2D eigenvalue weighted by molar-refractivity contribution is -0.126. The van der Waals surface area contributed by atoms with Crippen LogP contribution in [0.3, 0.4) is 0 Å². The Labute approximate surface area is 96.7 Å². The Bertz CT molecular complexity index is 221. The van der Waals surface area contributed by atoms with Crippen LogP contribution in [0, 0.1) is 0 Å². The minimum absolute atomic E-state index is 0.0185. The topological polar surface area (TPSA) is 73.6 Å². The van der Waals surface area contributed by atoms with E-state index in [1.807, 2.05) is 6.92 Å². The Morgan fingerprint density at radius 3 is 2.88 bits per heavy atom. The number of hydrogen-bond acceptors (Lipinski definition) is 4. The summed E-state index contributed by atoms with van der Waals surface area (Å²) < 4.78 is 10.4. The number of rotatable bonds is 7. The molecule has 1 saturated carbocycles. The van der Waals surface area contributed by atoms with E-state index >= 15 is 0 Å². The average Bonchev–Trinajstić information content (AvgIpc) is 2.26. The summed E-state index contributed by atoms with van der Waals surface area (Å²) in [6.45, 7) is 3.22. The molecule has 0 spiro atoms. The molecule has 5 heteroatoms. The smallest absolute Gasteiger partial charge is 0.220 e. The van der Waals surface area contributed by atoms with Gasteiger partial charge in [0.05, 0.1) is 12.1 Å². The van der Waals surface area contributed by atoms with E-state index in [4.69, 9.17) is 15.2 Å². The van der Waals surface area contributed by atoms with E-state index in [2.05, 4.69) is 5.32 Å². The van der Waals surface area contributed by atoms with Crippen molar-refractivity contribution in [3.05, 3.63) is 0 Å². The molecular formula is C11H22N2O3. The predicted molar refractivity (Wildman–Crippen MR) is 61.0 cm³/mol. The van der Waals surface area contributed by atoms with E-state index in [1.54, 1.807) is 7.11 Å². The second-order valence-electron chi connectivity index (χ2n) is 4.08. The van der Waals surface area contributed by atoms with Crippen molar-refractivity contribution in [2.24, 2.45) is 5.73 Å². The van der Waals surface area contributed by atoms with Crippen LogP contribution in [-0.2, 0) is 14.3 Å². The number of nitrogens with one attached hydrogen (secondary N) is 1. The Morgan fingerprint density at radius 1 is 1.56 bits per heavy atom. The van der Waals surface area contributed by atoms with Gasteiger partial charge in [-0.3, -0.25) is 4.79 Å². The van der Waals surface area contributed by atoms with Crippen molar-refractivity contribution in [1.29, 1.82) is 0 Å². The maximum absolute atomic E-state index is 11.5. The summed E-state index contributed by atoms with van der Waals surface area (Å²) in [6, 6.07) is 0.0120. The maximum atomic E-state index is 11.5. The molecule has 3 unspecified atom stereocenters. The Balaban J connectivity index is 2.21. The second kappa shape index (κ2) is 6.83. The molecule has 16 heavy (non-hydrogen) atoms. The van der Waals surface area contributed by atoms with Crippen molar-refractivity contribution in [2.45, 2.75) is 44.4 Å². The van der Waals surface area contributed by atoms with E-state index in [9.17, 15) is 4.79 Å². The Morgan fingerprint density at radius 2 is 2.31 bits per heavy atom. The first kappa shape index (κ1) is 13.4. The molecule has 0 saturated heterocycles. The Hall–Kier alpha value is -0.650. The van der Waals surface area contributed by atoms with Crippen molar-refractivity contribution in [3.8, 4) is 0 Å². The molecule has 1 rings (SSSR count). The van der Waals surface area contributed by atoms with Gasteiger partial charge >= 0.3 is 0 Å². The Kier molecular flexibility index (Phi) is 5.73. The highest BCUT2D eigenvalue weighted by molar-refractivity contribution is 5.76. The highest BCUT2D eigenvalue weighted by atomic mass is 16.5. The molecule has 3 atom stereocenters. The van der Waals surface area contributed by atoms with Gasteiger partial charge < -0.3 is 20.5 Å². The summed E-state index contributed by atoms with van der Waals surface area (Å²) in [5.41, 5.74) is 5.83. The molecule has 0 bridgehead atoms. The van der Waals surface area contributed by atoms with Crippen LogP contribution in [0.5, 0.6) is 0 Å². The van der Waals surface area contributed by atoms with E-state index in [-0.39, 0.29) is 24.1 Å². The van der Waals surface area contributed by atoms with Crippen LogP contribution in [0.15, 0.2) is 0 Å². The van der Waals surface area contributed by atoms with Crippen LogP contribution in [0.1, 0.15) is 26.2 Å². The van der Waals surface area contributed by atoms with Crippen LogP contribution in [0.4, 0.5) is 0 Å². The molecule has 3 N–H and O–H groups in total. The zero-order valence-electron chi connectivity index (χ0n) is 10.1. The van der Waals surface area contributed by atoms with Crippen LogP contribution >= 0.6 is 0 Å². The molecule has 1 fully saturated rings. The zero-order valence-corrected chi connectivity index (χ0v) is 10.1. The largest absolute Gasteiger partial charge is 0.385 e. The SMILES string of the molecule is CCOC1CC(N)C1NC(=O)CCCOC. The lowest BCUT2D eigenvalue weighted by Gasteiger charge is -2.42. The molecule has 1 aliphatic rings. The molecule has 0 heterocycles. The minimum atomic E-state index is -0.0185. The summed E-state index contributed by atoms with van der Waals surface area (Å²) in [5.74, 6) is 0.0295. The summed E-state index contributed by atoms with van der Waals surface area (Å²) >= 11 is 0. The van der Waals surface area contributed by atoms with Crippen molar-refractivity contribution >= 4 is 5.91 Å². The summed E-state index contributed by atoms with van der Waals surface area (Å²) in [7, 11) is 1.63. The highest BCUT2D eigenvalue weighted by Crippen LogP contribution is 2.22. The third kappa shape index (κ3) is 3.73. The normalized spacial score (nSPS) is 28.6. The fourth-order valence-corrected chi connectivity index (χ4v) is 1.86. The minimum Gasteiger partial charge on any atom is -0.385 e. The van der Waals surface area contributed by atoms with Crippen molar-refractivity contribution < 1.29 is 14.3 Å². The molecule has 94 valence electrons. The van der Waals surface area contributed by atoms with E-state index in [0.29, 0.717) is 19.6 Å². The second-order valence-corrected chi connectivity index (χ2v) is 4.08. The van der Waals surface area contributed by atoms with Crippen molar-refractivity contribution in [3.63, 3.8) is 0 Å². The van der Waals surface area contributed by atoms with Crippen LogP contribution < -0.4 is 11.1 Å². The predicted octanol–water partition coefficient (Wildman–Crippen LogP) is 0.0339. The van der Waals surface area contributed by atoms with Crippen LogP contribution in [0.25, 0.3) is 0 Å². The lowest BCUT2D eigenvalue weighted by Crippen LogP contribution is -2.64. The summed E-state index contributed by atoms with van der Waals surface area (Å²) in [4.78, 5) is 11.5. The molecule has 0 aromatic carbocycles. The number of carbonyl (C=O) groups is 1. The first-order valence-corrected chi connectivity index (χ1v) is 5.84. The molecule has 1 aliphatic carbocycles. The third-order valence-electron chi connectivity index (χ3n) is 2.83. The van der Waals surface area contributed by atoms with Gasteiger partial charge in [0.15, 0.2) is 0 Å². The van der Waals surface area contributed by atoms with E-state index in [0.717, 1.165) is 12.8 Å². The lowest BCUT2D eigenvalue weighted by atomic mass is 9.83. The summed E-state index contributed by atoms with van der Waals surface area (Å²) in [6.07, 6.45) is 2.14. The first-order valence-electron chi connectivity index (χ1n) is 5.84. The maximum Gasteiger partial charge on any atom is 0.220 e. The van der Waals surface area contributed by atoms with Gasteiger partial charge in [-0.25, -0.2) is 0 Å². The molecule has 5 nitrogen and oxygen atoms in total. The van der Waals surface area contributed by atoms with Gasteiger partial charge in [0, 0.05) is 32.8 Å². The number of methoxy groups -OCH3 is 1. The van der Waals surface area contributed by atoms with Gasteiger partial charge in [-0.1, -0.05) is 0 Å². The van der Waals surface area contributed by atoms with E-state index < -0.39 is 0 Å². The number of nitrogens with two attached hydrogens (primary N) is 1. The molecule has 0 aromatic rings. The van der Waals surface area contributed by atoms with E-state index in [1.165, 1.54) is 0 Å². The molecule has 0 aromatic heterocycles. The van der Waals surface area contributed by atoms with Gasteiger partial charge in [-0.15, -0.1) is 0 Å². The number of amides is 1. The van der Waals surface area contributed by atoms with Crippen molar-refractivity contribution in [2.75, 3.05) is 20.3 Å².